The van der Waals surface area contributed by atoms with E-state index in [1.54, 1.807) is 4.90 Å². The molecule has 1 N–H and O–H groups in total. The summed E-state index contributed by atoms with van der Waals surface area (Å²) >= 11 is 0. The van der Waals surface area contributed by atoms with Crippen LogP contribution in [0.2, 0.25) is 0 Å². The van der Waals surface area contributed by atoms with Gasteiger partial charge in [0.2, 0.25) is 5.91 Å². The van der Waals surface area contributed by atoms with Crippen LogP contribution >= 0.6 is 0 Å². The molecule has 6 nitrogen and oxygen atoms in total. The number of carbonyl (C=O) groups excluding carboxylic acids is 2. The Kier molecular flexibility index (Phi) is 5.52. The first kappa shape index (κ1) is 18.3. The third kappa shape index (κ3) is 4.20. The van der Waals surface area contributed by atoms with Crippen LogP contribution in [0.25, 0.3) is 0 Å². The second-order valence-electron chi connectivity index (χ2n) is 7.02. The predicted molar refractivity (Wildman–Crippen MR) is 93.7 cm³/mol. The van der Waals surface area contributed by atoms with Gasteiger partial charge in [0, 0.05) is 31.7 Å². The van der Waals surface area contributed by atoms with Crippen molar-refractivity contribution in [3.63, 3.8) is 0 Å². The molecule has 0 aromatic heterocycles. The van der Waals surface area contributed by atoms with Crippen LogP contribution in [-0.2, 0) is 4.79 Å². The van der Waals surface area contributed by atoms with Crippen molar-refractivity contribution in [1.82, 2.24) is 15.1 Å². The molecule has 3 rings (SSSR count). The molecular formula is C19H23FN4O2. The highest BCUT2D eigenvalue weighted by Gasteiger charge is 2.35. The van der Waals surface area contributed by atoms with E-state index in [9.17, 15) is 19.2 Å². The summed E-state index contributed by atoms with van der Waals surface area (Å²) in [6.45, 7) is 2.47. The van der Waals surface area contributed by atoms with Crippen LogP contribution in [0.3, 0.4) is 0 Å². The molecule has 0 unspecified atom stereocenters. The van der Waals surface area contributed by atoms with Gasteiger partial charge in [0.05, 0.1) is 12.6 Å². The lowest BCUT2D eigenvalue weighted by Crippen LogP contribution is -2.53. The van der Waals surface area contributed by atoms with Gasteiger partial charge < -0.3 is 10.2 Å². The first-order valence-corrected chi connectivity index (χ1v) is 9.01. The molecule has 1 saturated carbocycles. The molecule has 1 aromatic rings. The number of rotatable bonds is 4. The number of halogens is 1. The fourth-order valence-electron chi connectivity index (χ4n) is 3.64. The van der Waals surface area contributed by atoms with Crippen LogP contribution < -0.4 is 5.32 Å². The molecule has 2 aliphatic rings. The maximum absolute atomic E-state index is 13.0. The SMILES string of the molecule is N#CC1(NC(=O)CN2CCN(C(=O)c3ccc(F)cc3)CC2)CCCC1. The van der Waals surface area contributed by atoms with E-state index in [1.165, 1.54) is 24.3 Å². The molecule has 26 heavy (non-hydrogen) atoms. The maximum atomic E-state index is 13.0. The fourth-order valence-corrected chi connectivity index (χ4v) is 3.64. The number of hydrogen-bond donors (Lipinski definition) is 1. The molecule has 1 aromatic carbocycles. The summed E-state index contributed by atoms with van der Waals surface area (Å²) in [5.74, 6) is -0.620. The molecule has 7 heteroatoms. The Morgan fingerprint density at radius 2 is 1.73 bits per heavy atom. The Balaban J connectivity index is 1.47. The van der Waals surface area contributed by atoms with Crippen LogP contribution in [0.15, 0.2) is 24.3 Å². The topological polar surface area (TPSA) is 76.4 Å². The number of nitriles is 1. The van der Waals surface area contributed by atoms with E-state index in [2.05, 4.69) is 11.4 Å². The highest BCUT2D eigenvalue weighted by molar-refractivity contribution is 5.94. The molecule has 0 bridgehead atoms. The molecular weight excluding hydrogens is 335 g/mol. The molecule has 0 radical (unpaired) electrons. The number of piperazine rings is 1. The lowest BCUT2D eigenvalue weighted by atomic mass is 10.00. The Morgan fingerprint density at radius 3 is 2.31 bits per heavy atom. The van der Waals surface area contributed by atoms with Crippen molar-refractivity contribution in [3.05, 3.63) is 35.6 Å². The van der Waals surface area contributed by atoms with E-state index in [4.69, 9.17) is 0 Å². The van der Waals surface area contributed by atoms with Crippen molar-refractivity contribution in [2.24, 2.45) is 0 Å². The lowest BCUT2D eigenvalue weighted by molar-refractivity contribution is -0.123. The normalized spacial score (nSPS) is 19.8. The molecule has 1 saturated heterocycles. The standard InChI is InChI=1S/C19H23FN4O2/c20-16-5-3-15(4-6-16)18(26)24-11-9-23(10-12-24)13-17(25)22-19(14-21)7-1-2-8-19/h3-6H,1-2,7-13H2,(H,22,25). The lowest BCUT2D eigenvalue weighted by Gasteiger charge is -2.35. The van der Waals surface area contributed by atoms with E-state index in [0.717, 1.165) is 25.7 Å². The van der Waals surface area contributed by atoms with Gasteiger partial charge in [-0.25, -0.2) is 4.39 Å². The Labute approximate surface area is 152 Å². The van der Waals surface area contributed by atoms with E-state index >= 15 is 0 Å². The Morgan fingerprint density at radius 1 is 1.12 bits per heavy atom. The molecule has 1 heterocycles. The fraction of sp³-hybridized carbons (Fsp3) is 0.526. The van der Waals surface area contributed by atoms with E-state index < -0.39 is 5.54 Å². The third-order valence-corrected chi connectivity index (χ3v) is 5.17. The monoisotopic (exact) mass is 358 g/mol. The Bertz CT molecular complexity index is 699. The molecule has 0 atom stereocenters. The molecule has 2 fully saturated rings. The summed E-state index contributed by atoms with van der Waals surface area (Å²) in [7, 11) is 0. The first-order valence-electron chi connectivity index (χ1n) is 9.01. The highest BCUT2D eigenvalue weighted by Crippen LogP contribution is 2.28. The molecule has 138 valence electrons. The van der Waals surface area contributed by atoms with Crippen molar-refractivity contribution < 1.29 is 14.0 Å². The zero-order chi connectivity index (χ0) is 18.6. The van der Waals surface area contributed by atoms with Crippen molar-refractivity contribution >= 4 is 11.8 Å². The number of benzene rings is 1. The third-order valence-electron chi connectivity index (χ3n) is 5.17. The summed E-state index contributed by atoms with van der Waals surface area (Å²) in [5, 5.41) is 12.2. The minimum atomic E-state index is -0.697. The molecule has 0 spiro atoms. The van der Waals surface area contributed by atoms with Crippen LogP contribution in [0.4, 0.5) is 4.39 Å². The van der Waals surface area contributed by atoms with Crippen molar-refractivity contribution in [3.8, 4) is 6.07 Å². The average Bonchev–Trinajstić information content (AvgIpc) is 3.11. The number of carbonyl (C=O) groups is 2. The van der Waals surface area contributed by atoms with Crippen LogP contribution in [0.1, 0.15) is 36.0 Å². The molecule has 1 aliphatic carbocycles. The molecule has 2 amide bonds. The second kappa shape index (κ2) is 7.83. The average molecular weight is 358 g/mol. The zero-order valence-electron chi connectivity index (χ0n) is 14.7. The van der Waals surface area contributed by atoms with Gasteiger partial charge in [-0.3, -0.25) is 14.5 Å². The van der Waals surface area contributed by atoms with Crippen molar-refractivity contribution in [2.75, 3.05) is 32.7 Å². The molecule has 1 aliphatic heterocycles. The van der Waals surface area contributed by atoms with Gasteiger partial charge in [-0.05, 0) is 49.9 Å². The number of amides is 2. The van der Waals surface area contributed by atoms with E-state index in [-0.39, 0.29) is 24.2 Å². The summed E-state index contributed by atoms with van der Waals surface area (Å²) in [4.78, 5) is 28.4. The smallest absolute Gasteiger partial charge is 0.253 e. The van der Waals surface area contributed by atoms with Gasteiger partial charge >= 0.3 is 0 Å². The van der Waals surface area contributed by atoms with Gasteiger partial charge in [0.25, 0.3) is 5.91 Å². The zero-order valence-corrected chi connectivity index (χ0v) is 14.7. The van der Waals surface area contributed by atoms with E-state index in [1.807, 2.05) is 4.90 Å². The van der Waals surface area contributed by atoms with Crippen molar-refractivity contribution in [1.29, 1.82) is 5.26 Å². The predicted octanol–water partition coefficient (Wildman–Crippen LogP) is 1.54. The first-order chi connectivity index (χ1) is 12.5. The summed E-state index contributed by atoms with van der Waals surface area (Å²) < 4.78 is 13.0. The largest absolute Gasteiger partial charge is 0.337 e. The minimum Gasteiger partial charge on any atom is -0.337 e. The van der Waals surface area contributed by atoms with Gasteiger partial charge in [0.15, 0.2) is 0 Å². The van der Waals surface area contributed by atoms with Crippen molar-refractivity contribution in [2.45, 2.75) is 31.2 Å². The Hall–Kier alpha value is -2.46. The minimum absolute atomic E-state index is 0.122. The summed E-state index contributed by atoms with van der Waals surface area (Å²) in [5.41, 5.74) is -0.230. The highest BCUT2D eigenvalue weighted by atomic mass is 19.1. The quantitative estimate of drug-likeness (QED) is 0.886. The van der Waals surface area contributed by atoms with Gasteiger partial charge in [0.1, 0.15) is 11.4 Å². The van der Waals surface area contributed by atoms with Gasteiger partial charge in [-0.15, -0.1) is 0 Å². The number of hydrogen-bond acceptors (Lipinski definition) is 4. The van der Waals surface area contributed by atoms with Crippen LogP contribution in [0.5, 0.6) is 0 Å². The maximum Gasteiger partial charge on any atom is 0.253 e. The van der Waals surface area contributed by atoms with Gasteiger partial charge in [-0.2, -0.15) is 5.26 Å². The van der Waals surface area contributed by atoms with Crippen LogP contribution in [0, 0.1) is 17.1 Å². The number of nitrogens with zero attached hydrogens (tertiary/aromatic N) is 3. The number of nitrogens with one attached hydrogen (secondary N) is 1. The van der Waals surface area contributed by atoms with Gasteiger partial charge in [-0.1, -0.05) is 0 Å². The summed E-state index contributed by atoms with van der Waals surface area (Å²) in [6.07, 6.45) is 3.38. The second-order valence-corrected chi connectivity index (χ2v) is 7.02. The van der Waals surface area contributed by atoms with Crippen LogP contribution in [-0.4, -0.2) is 59.9 Å². The van der Waals surface area contributed by atoms with E-state index in [0.29, 0.717) is 31.7 Å². The summed E-state index contributed by atoms with van der Waals surface area (Å²) in [6, 6.07) is 7.79.